The van der Waals surface area contributed by atoms with E-state index in [1.165, 1.54) is 5.56 Å². The van der Waals surface area contributed by atoms with E-state index in [0.717, 1.165) is 32.9 Å². The van der Waals surface area contributed by atoms with Crippen LogP contribution in [0.5, 0.6) is 0 Å². The summed E-state index contributed by atoms with van der Waals surface area (Å²) in [7, 11) is 0. The molecule has 124 valence electrons. The van der Waals surface area contributed by atoms with Gasteiger partial charge in [0.25, 0.3) is 0 Å². The molecular formula is C19H16N4S2. The lowest BCUT2D eigenvalue weighted by Gasteiger charge is -1.99. The van der Waals surface area contributed by atoms with Gasteiger partial charge in [0.15, 0.2) is 5.82 Å². The Morgan fingerprint density at radius 2 is 1.64 bits per heavy atom. The van der Waals surface area contributed by atoms with Gasteiger partial charge in [-0.1, -0.05) is 78.1 Å². The second-order valence-electron chi connectivity index (χ2n) is 5.47. The summed E-state index contributed by atoms with van der Waals surface area (Å²) in [5.74, 6) is 2.65. The quantitative estimate of drug-likeness (QED) is 0.493. The Labute approximate surface area is 154 Å². The highest BCUT2D eigenvalue weighted by atomic mass is 32.2. The topological polar surface area (TPSA) is 43.1 Å². The van der Waals surface area contributed by atoms with Crippen molar-refractivity contribution >= 4 is 40.2 Å². The van der Waals surface area contributed by atoms with Crippen molar-refractivity contribution in [2.45, 2.75) is 11.5 Å². The second kappa shape index (κ2) is 7.63. The van der Waals surface area contributed by atoms with Crippen LogP contribution in [0.2, 0.25) is 0 Å². The van der Waals surface area contributed by atoms with Crippen LogP contribution in [0.15, 0.2) is 60.7 Å². The van der Waals surface area contributed by atoms with Crippen LogP contribution in [0.4, 0.5) is 0 Å². The molecule has 0 radical (unpaired) electrons. The molecule has 0 unspecified atom stereocenters. The molecule has 0 aliphatic carbocycles. The van der Waals surface area contributed by atoms with Gasteiger partial charge < -0.3 is 0 Å². The molecule has 4 rings (SSSR count). The molecule has 0 fully saturated rings. The summed E-state index contributed by atoms with van der Waals surface area (Å²) >= 11 is 3.37. The van der Waals surface area contributed by atoms with Gasteiger partial charge in [0.1, 0.15) is 5.01 Å². The lowest BCUT2D eigenvalue weighted by molar-refractivity contribution is 0.880. The van der Waals surface area contributed by atoms with E-state index in [4.69, 9.17) is 0 Å². The minimum Gasteiger partial charge on any atom is -0.186 e. The van der Waals surface area contributed by atoms with Gasteiger partial charge in [0.05, 0.1) is 5.75 Å². The number of nitrogens with zero attached hydrogens (tertiary/aromatic N) is 4. The summed E-state index contributed by atoms with van der Waals surface area (Å²) in [5.41, 5.74) is 2.48. The zero-order chi connectivity index (χ0) is 16.9. The van der Waals surface area contributed by atoms with Crippen molar-refractivity contribution in [3.63, 3.8) is 0 Å². The number of aromatic nitrogens is 4. The van der Waals surface area contributed by atoms with Gasteiger partial charge in [0, 0.05) is 5.75 Å². The van der Waals surface area contributed by atoms with E-state index in [0.29, 0.717) is 0 Å². The molecule has 0 aliphatic rings. The van der Waals surface area contributed by atoms with E-state index in [1.54, 1.807) is 11.3 Å². The van der Waals surface area contributed by atoms with Crippen molar-refractivity contribution in [2.24, 2.45) is 0 Å². The third-order valence-corrected chi connectivity index (χ3v) is 5.50. The van der Waals surface area contributed by atoms with Crippen molar-refractivity contribution in [1.29, 1.82) is 0 Å². The van der Waals surface area contributed by atoms with E-state index in [-0.39, 0.29) is 0 Å². The fraction of sp³-hybridized carbons (Fsp3) is 0.105. The third-order valence-electron chi connectivity index (χ3n) is 3.63. The first-order chi connectivity index (χ1) is 12.4. The van der Waals surface area contributed by atoms with Crippen LogP contribution in [-0.4, -0.2) is 19.8 Å². The maximum Gasteiger partial charge on any atom is 0.234 e. The molecule has 4 aromatic rings. The van der Waals surface area contributed by atoms with Crippen molar-refractivity contribution < 1.29 is 0 Å². The Balaban J connectivity index is 1.44. The first-order valence-corrected chi connectivity index (χ1v) is 9.91. The number of fused-ring (bicyclic) bond motifs is 1. The molecule has 6 heteroatoms. The van der Waals surface area contributed by atoms with E-state index in [9.17, 15) is 0 Å². The summed E-state index contributed by atoms with van der Waals surface area (Å²) in [5, 5.41) is 14.1. The first kappa shape index (κ1) is 16.1. The predicted molar refractivity (Wildman–Crippen MR) is 105 cm³/mol. The van der Waals surface area contributed by atoms with Crippen molar-refractivity contribution in [1.82, 2.24) is 19.8 Å². The van der Waals surface area contributed by atoms with Crippen LogP contribution in [-0.2, 0) is 11.5 Å². The van der Waals surface area contributed by atoms with Crippen LogP contribution >= 0.6 is 23.1 Å². The standard InChI is InChI=1S/C19H16N4S2/c1-3-7-15(8-4-1)11-12-18-22-23-17(20-21-19(23)25-18)14-24-13-16-9-5-2-6-10-16/h1-12H,13-14H2/b12-11+. The summed E-state index contributed by atoms with van der Waals surface area (Å²) in [6.07, 6.45) is 4.09. The Kier molecular flexibility index (Phi) is 4.90. The van der Waals surface area contributed by atoms with Crippen molar-refractivity contribution in [2.75, 3.05) is 0 Å². The Hall–Kier alpha value is -2.44. The molecule has 0 atom stereocenters. The number of hydrogen-bond acceptors (Lipinski definition) is 5. The zero-order valence-corrected chi connectivity index (χ0v) is 15.1. The van der Waals surface area contributed by atoms with Crippen LogP contribution in [0.1, 0.15) is 22.0 Å². The van der Waals surface area contributed by atoms with Crippen molar-refractivity contribution in [3.8, 4) is 0 Å². The number of rotatable bonds is 6. The maximum absolute atomic E-state index is 4.62. The molecule has 0 saturated carbocycles. The maximum atomic E-state index is 4.62. The Bertz CT molecular complexity index is 975. The molecule has 0 N–H and O–H groups in total. The molecule has 2 heterocycles. The fourth-order valence-corrected chi connectivity index (χ4v) is 4.05. The van der Waals surface area contributed by atoms with E-state index >= 15 is 0 Å². The zero-order valence-electron chi connectivity index (χ0n) is 13.4. The highest BCUT2D eigenvalue weighted by Gasteiger charge is 2.10. The number of benzene rings is 2. The van der Waals surface area contributed by atoms with Crippen LogP contribution in [0.3, 0.4) is 0 Å². The van der Waals surface area contributed by atoms with Gasteiger partial charge in [0.2, 0.25) is 4.96 Å². The molecule has 0 amide bonds. The molecule has 2 aromatic carbocycles. The normalized spacial score (nSPS) is 11.5. The second-order valence-corrected chi connectivity index (χ2v) is 7.45. The predicted octanol–water partition coefficient (Wildman–Crippen LogP) is 4.79. The van der Waals surface area contributed by atoms with Gasteiger partial charge in [-0.3, -0.25) is 0 Å². The average Bonchev–Trinajstić information content (AvgIpc) is 3.23. The molecule has 2 aromatic heterocycles. The molecule has 4 nitrogen and oxygen atoms in total. The highest BCUT2D eigenvalue weighted by molar-refractivity contribution is 7.97. The van der Waals surface area contributed by atoms with Crippen molar-refractivity contribution in [3.05, 3.63) is 82.6 Å². The summed E-state index contributed by atoms with van der Waals surface area (Å²) < 4.78 is 1.85. The summed E-state index contributed by atoms with van der Waals surface area (Å²) in [6, 6.07) is 20.7. The molecule has 0 aliphatic heterocycles. The minimum absolute atomic E-state index is 0.793. The molecule has 0 saturated heterocycles. The average molecular weight is 364 g/mol. The van der Waals surface area contributed by atoms with Gasteiger partial charge in [-0.15, -0.1) is 22.0 Å². The molecule has 25 heavy (non-hydrogen) atoms. The lowest BCUT2D eigenvalue weighted by Crippen LogP contribution is -1.94. The minimum atomic E-state index is 0.793. The van der Waals surface area contributed by atoms with Gasteiger partial charge >= 0.3 is 0 Å². The van der Waals surface area contributed by atoms with E-state index in [2.05, 4.69) is 57.8 Å². The first-order valence-electron chi connectivity index (χ1n) is 7.94. The fourth-order valence-electron chi connectivity index (χ4n) is 2.40. The number of hydrogen-bond donors (Lipinski definition) is 0. The monoisotopic (exact) mass is 364 g/mol. The van der Waals surface area contributed by atoms with E-state index < -0.39 is 0 Å². The Morgan fingerprint density at radius 1 is 0.880 bits per heavy atom. The van der Waals surface area contributed by atoms with Crippen LogP contribution < -0.4 is 0 Å². The van der Waals surface area contributed by atoms with Gasteiger partial charge in [-0.2, -0.15) is 9.61 Å². The SMILES string of the molecule is C(=C\c1nn2c(CSCc3ccccc3)nnc2s1)/c1ccccc1. The van der Waals surface area contributed by atoms with Crippen LogP contribution in [0.25, 0.3) is 17.1 Å². The molecular weight excluding hydrogens is 348 g/mol. The third kappa shape index (κ3) is 3.97. The van der Waals surface area contributed by atoms with Crippen LogP contribution in [0, 0.1) is 0 Å². The van der Waals surface area contributed by atoms with Gasteiger partial charge in [-0.25, -0.2) is 0 Å². The number of thioether (sulfide) groups is 1. The molecule has 0 bridgehead atoms. The van der Waals surface area contributed by atoms with E-state index in [1.807, 2.05) is 46.6 Å². The molecule has 0 spiro atoms. The smallest absolute Gasteiger partial charge is 0.186 e. The highest BCUT2D eigenvalue weighted by Crippen LogP contribution is 2.21. The van der Waals surface area contributed by atoms with Gasteiger partial charge in [-0.05, 0) is 17.2 Å². The Morgan fingerprint density at radius 3 is 2.44 bits per heavy atom. The summed E-state index contributed by atoms with van der Waals surface area (Å²) in [4.78, 5) is 0.836. The lowest BCUT2D eigenvalue weighted by atomic mass is 10.2. The largest absolute Gasteiger partial charge is 0.234 e. The summed E-state index contributed by atoms with van der Waals surface area (Å²) in [6.45, 7) is 0.